The van der Waals surface area contributed by atoms with Crippen LogP contribution in [0.15, 0.2) is 29.2 Å². The quantitative estimate of drug-likeness (QED) is 0.871. The first-order valence-corrected chi connectivity index (χ1v) is 7.94. The molecule has 21 heavy (non-hydrogen) atoms. The van der Waals surface area contributed by atoms with Gasteiger partial charge in [0.2, 0.25) is 5.91 Å². The number of thiophene rings is 1. The van der Waals surface area contributed by atoms with Crippen LogP contribution in [0.4, 0.5) is 0 Å². The molecule has 0 N–H and O–H groups in total. The van der Waals surface area contributed by atoms with Crippen molar-refractivity contribution in [3.8, 4) is 0 Å². The maximum Gasteiger partial charge on any atom is 0.227 e. The Morgan fingerprint density at radius 1 is 1.48 bits per heavy atom. The minimum Gasteiger partial charge on any atom is -0.380 e. The normalized spacial score (nSPS) is 14.0. The van der Waals surface area contributed by atoms with E-state index in [4.69, 9.17) is 4.74 Å². The zero-order valence-electron chi connectivity index (χ0n) is 12.0. The van der Waals surface area contributed by atoms with E-state index < -0.39 is 0 Å². The van der Waals surface area contributed by atoms with E-state index in [2.05, 4.69) is 4.98 Å². The topological polar surface area (TPSA) is 42.4 Å². The molecule has 0 saturated carbocycles. The number of methoxy groups -OCH3 is 1. The molecule has 0 saturated heterocycles. The number of aromatic nitrogens is 1. The highest BCUT2D eigenvalue weighted by Gasteiger charge is 2.22. The van der Waals surface area contributed by atoms with Crippen molar-refractivity contribution in [2.45, 2.75) is 26.0 Å². The molecule has 3 rings (SSSR count). The highest BCUT2D eigenvalue weighted by molar-refractivity contribution is 7.07. The van der Waals surface area contributed by atoms with E-state index in [0.29, 0.717) is 19.6 Å². The van der Waals surface area contributed by atoms with Crippen LogP contribution < -0.4 is 0 Å². The van der Waals surface area contributed by atoms with Gasteiger partial charge in [-0.3, -0.25) is 9.78 Å². The molecule has 1 aliphatic heterocycles. The van der Waals surface area contributed by atoms with Gasteiger partial charge in [0.15, 0.2) is 0 Å². The van der Waals surface area contributed by atoms with Gasteiger partial charge in [0.1, 0.15) is 0 Å². The molecular weight excluding hydrogens is 284 g/mol. The average Bonchev–Trinajstić information content (AvgIpc) is 3.00. The highest BCUT2D eigenvalue weighted by atomic mass is 32.1. The zero-order chi connectivity index (χ0) is 14.7. The number of pyridine rings is 1. The Morgan fingerprint density at radius 3 is 3.14 bits per heavy atom. The van der Waals surface area contributed by atoms with Gasteiger partial charge in [-0.2, -0.15) is 11.3 Å². The molecule has 2 aromatic rings. The van der Waals surface area contributed by atoms with Crippen LogP contribution in [0, 0.1) is 0 Å². The van der Waals surface area contributed by atoms with Crippen molar-refractivity contribution in [2.75, 3.05) is 13.7 Å². The van der Waals surface area contributed by atoms with Crippen molar-refractivity contribution >= 4 is 17.2 Å². The van der Waals surface area contributed by atoms with Crippen LogP contribution >= 0.6 is 11.3 Å². The lowest BCUT2D eigenvalue weighted by Crippen LogP contribution is -2.37. The summed E-state index contributed by atoms with van der Waals surface area (Å²) in [7, 11) is 1.69. The van der Waals surface area contributed by atoms with Gasteiger partial charge >= 0.3 is 0 Å². The Labute approximate surface area is 128 Å². The predicted octanol–water partition coefficient (Wildman–Crippen LogP) is 2.42. The van der Waals surface area contributed by atoms with Crippen LogP contribution in [0.2, 0.25) is 0 Å². The molecule has 1 aliphatic rings. The molecule has 0 aromatic carbocycles. The fraction of sp³-hybridized carbons (Fsp3) is 0.375. The summed E-state index contributed by atoms with van der Waals surface area (Å²) in [5.74, 6) is 0.191. The third kappa shape index (κ3) is 3.14. The Hall–Kier alpha value is -1.72. The van der Waals surface area contributed by atoms with Crippen LogP contribution in [0.5, 0.6) is 0 Å². The number of nitrogens with zero attached hydrogens (tertiary/aromatic N) is 2. The molecular formula is C16H18N2O2S. The van der Waals surface area contributed by atoms with Gasteiger partial charge in [0.25, 0.3) is 0 Å². The zero-order valence-corrected chi connectivity index (χ0v) is 12.9. The summed E-state index contributed by atoms with van der Waals surface area (Å²) in [4.78, 5) is 18.6. The van der Waals surface area contributed by atoms with Crippen LogP contribution in [-0.4, -0.2) is 29.4 Å². The molecule has 0 radical (unpaired) electrons. The lowest BCUT2D eigenvalue weighted by Gasteiger charge is -2.29. The van der Waals surface area contributed by atoms with E-state index in [1.165, 1.54) is 5.56 Å². The Balaban J connectivity index is 1.72. The summed E-state index contributed by atoms with van der Waals surface area (Å²) in [6, 6.07) is 2.01. The van der Waals surface area contributed by atoms with Crippen LogP contribution in [0.3, 0.4) is 0 Å². The van der Waals surface area contributed by atoms with E-state index in [9.17, 15) is 4.79 Å². The fourth-order valence-corrected chi connectivity index (χ4v) is 3.41. The minimum absolute atomic E-state index is 0.191. The maximum atomic E-state index is 12.4. The molecule has 0 spiro atoms. The van der Waals surface area contributed by atoms with E-state index in [-0.39, 0.29) is 5.91 Å². The average molecular weight is 302 g/mol. The van der Waals surface area contributed by atoms with Gasteiger partial charge in [-0.15, -0.1) is 0 Å². The molecule has 0 fully saturated rings. The molecule has 5 heteroatoms. The number of carbonyl (C=O) groups is 1. The first-order valence-electron chi connectivity index (χ1n) is 7.00. The molecule has 2 aromatic heterocycles. The summed E-state index contributed by atoms with van der Waals surface area (Å²) in [5, 5.41) is 4.04. The van der Waals surface area contributed by atoms with Crippen molar-refractivity contribution < 1.29 is 9.53 Å². The number of rotatable bonds is 4. The molecule has 4 nitrogen and oxygen atoms in total. The molecule has 0 bridgehead atoms. The van der Waals surface area contributed by atoms with E-state index >= 15 is 0 Å². The second-order valence-corrected chi connectivity index (χ2v) is 6.02. The first-order chi connectivity index (χ1) is 10.3. The lowest BCUT2D eigenvalue weighted by molar-refractivity contribution is -0.131. The number of carbonyl (C=O) groups excluding carboxylic acids is 1. The minimum atomic E-state index is 0.191. The van der Waals surface area contributed by atoms with Crippen LogP contribution in [0.1, 0.15) is 22.3 Å². The monoisotopic (exact) mass is 302 g/mol. The number of ether oxygens (including phenoxy) is 1. The highest BCUT2D eigenvalue weighted by Crippen LogP contribution is 2.23. The third-order valence-corrected chi connectivity index (χ3v) is 4.55. The number of amides is 1. The SMILES string of the molecule is COCc1cncc2c1CCN(C(=O)Cc1ccsc1)C2. The summed E-state index contributed by atoms with van der Waals surface area (Å²) in [6.07, 6.45) is 5.11. The first kappa shape index (κ1) is 14.2. The molecule has 110 valence electrons. The third-order valence-electron chi connectivity index (χ3n) is 3.82. The number of hydrogen-bond donors (Lipinski definition) is 0. The Bertz CT molecular complexity index is 625. The van der Waals surface area contributed by atoms with Crippen LogP contribution in [0.25, 0.3) is 0 Å². The second-order valence-electron chi connectivity index (χ2n) is 5.24. The molecule has 0 unspecified atom stereocenters. The molecule has 1 amide bonds. The van der Waals surface area contributed by atoms with Crippen molar-refractivity contribution in [2.24, 2.45) is 0 Å². The van der Waals surface area contributed by atoms with Gasteiger partial charge in [-0.05, 0) is 45.5 Å². The van der Waals surface area contributed by atoms with Crippen molar-refractivity contribution in [1.29, 1.82) is 0 Å². The van der Waals surface area contributed by atoms with Gasteiger partial charge in [0, 0.05) is 32.6 Å². The summed E-state index contributed by atoms with van der Waals surface area (Å²) >= 11 is 1.63. The number of fused-ring (bicyclic) bond motifs is 1. The van der Waals surface area contributed by atoms with E-state index in [1.54, 1.807) is 18.4 Å². The number of hydrogen-bond acceptors (Lipinski definition) is 4. The predicted molar refractivity (Wildman–Crippen MR) is 82.1 cm³/mol. The Morgan fingerprint density at radius 2 is 2.38 bits per heavy atom. The standard InChI is InChI=1S/C16H18N2O2S/c1-20-10-14-8-17-7-13-9-18(4-2-15(13)14)16(19)6-12-3-5-21-11-12/h3,5,7-8,11H,2,4,6,9-10H2,1H3. The van der Waals surface area contributed by atoms with Crippen molar-refractivity contribution in [3.05, 3.63) is 51.5 Å². The van der Waals surface area contributed by atoms with E-state index in [0.717, 1.165) is 29.7 Å². The Kier molecular flexibility index (Phi) is 4.31. The smallest absolute Gasteiger partial charge is 0.227 e. The van der Waals surface area contributed by atoms with Gasteiger partial charge < -0.3 is 9.64 Å². The summed E-state index contributed by atoms with van der Waals surface area (Å²) in [5.41, 5.74) is 4.68. The van der Waals surface area contributed by atoms with Gasteiger partial charge in [-0.1, -0.05) is 0 Å². The van der Waals surface area contributed by atoms with Crippen molar-refractivity contribution in [3.63, 3.8) is 0 Å². The summed E-state index contributed by atoms with van der Waals surface area (Å²) in [6.45, 7) is 2.01. The lowest BCUT2D eigenvalue weighted by atomic mass is 9.97. The molecule has 0 aliphatic carbocycles. The van der Waals surface area contributed by atoms with Gasteiger partial charge in [0.05, 0.1) is 13.0 Å². The van der Waals surface area contributed by atoms with Crippen molar-refractivity contribution in [1.82, 2.24) is 9.88 Å². The largest absolute Gasteiger partial charge is 0.380 e. The van der Waals surface area contributed by atoms with Gasteiger partial charge in [-0.25, -0.2) is 0 Å². The molecule has 3 heterocycles. The second kappa shape index (κ2) is 6.37. The molecule has 0 atom stereocenters. The van der Waals surface area contributed by atoms with Crippen LogP contribution in [-0.2, 0) is 35.5 Å². The maximum absolute atomic E-state index is 12.4. The summed E-state index contributed by atoms with van der Waals surface area (Å²) < 4.78 is 5.22. The fourth-order valence-electron chi connectivity index (χ4n) is 2.74. The van der Waals surface area contributed by atoms with E-state index in [1.807, 2.05) is 34.1 Å².